The number of rotatable bonds is 5. The highest BCUT2D eigenvalue weighted by Crippen LogP contribution is 2.32. The smallest absolute Gasteiger partial charge is 0.166 e. The molecule has 7 nitrogen and oxygen atoms in total. The van der Waals surface area contributed by atoms with Crippen LogP contribution in [0, 0.1) is 0 Å². The number of nitrogens with zero attached hydrogens (tertiary/aromatic N) is 5. The van der Waals surface area contributed by atoms with Gasteiger partial charge in [0, 0.05) is 11.6 Å². The molecule has 0 spiro atoms. The third kappa shape index (κ3) is 3.49. The van der Waals surface area contributed by atoms with Gasteiger partial charge in [-0.05, 0) is 25.0 Å². The molecule has 7 heteroatoms. The summed E-state index contributed by atoms with van der Waals surface area (Å²) in [6, 6.07) is 18.6. The molecule has 3 aromatic heterocycles. The van der Waals surface area contributed by atoms with Crippen molar-refractivity contribution in [1.82, 2.24) is 29.5 Å². The largest absolute Gasteiger partial charge is 0.361 e. The molecule has 6 rings (SSSR count). The Morgan fingerprint density at radius 1 is 0.906 bits per heavy atom. The number of benzene rings is 2. The minimum Gasteiger partial charge on any atom is -0.361 e. The SMILES string of the molecule is c1ccc(-c2nc(NCc3nc4ccccc4[nH]3)c3ncn(C4CCCCC4)c3n2)cc1. The first-order chi connectivity index (χ1) is 15.8. The van der Waals surface area contributed by atoms with Gasteiger partial charge in [-0.3, -0.25) is 0 Å². The third-order valence-corrected chi connectivity index (χ3v) is 6.28. The Hall–Kier alpha value is -3.74. The second-order valence-electron chi connectivity index (χ2n) is 8.43. The molecule has 1 fully saturated rings. The quantitative estimate of drug-likeness (QED) is 0.391. The standard InChI is InChI=1S/C25H25N7/c1-3-9-17(10-4-1)23-30-24(26-15-21-28-19-13-7-8-14-20(19)29-21)22-25(31-23)32(16-27-22)18-11-5-2-6-12-18/h1,3-4,7-10,13-14,16,18H,2,5-6,11-12,15H2,(H,28,29)(H,26,30,31). The molecular formula is C25H25N7. The zero-order chi connectivity index (χ0) is 21.3. The van der Waals surface area contributed by atoms with Crippen LogP contribution < -0.4 is 5.32 Å². The molecule has 3 heterocycles. The van der Waals surface area contributed by atoms with Crippen LogP contribution in [0.15, 0.2) is 60.9 Å². The molecule has 0 amide bonds. The summed E-state index contributed by atoms with van der Waals surface area (Å²) >= 11 is 0. The van der Waals surface area contributed by atoms with Crippen molar-refractivity contribution in [2.45, 2.75) is 44.7 Å². The Bertz CT molecular complexity index is 1330. The first kappa shape index (κ1) is 19.0. The van der Waals surface area contributed by atoms with E-state index in [1.54, 1.807) is 0 Å². The highest BCUT2D eigenvalue weighted by molar-refractivity contribution is 5.85. The number of hydrogen-bond acceptors (Lipinski definition) is 5. The van der Waals surface area contributed by atoms with Gasteiger partial charge in [0.1, 0.15) is 11.3 Å². The molecule has 2 aromatic carbocycles. The van der Waals surface area contributed by atoms with Crippen molar-refractivity contribution in [3.63, 3.8) is 0 Å². The summed E-state index contributed by atoms with van der Waals surface area (Å²) in [4.78, 5) is 22.6. The predicted octanol–water partition coefficient (Wildman–Crippen LogP) is 5.49. The van der Waals surface area contributed by atoms with Crippen LogP contribution in [0.3, 0.4) is 0 Å². The van der Waals surface area contributed by atoms with Crippen LogP contribution >= 0.6 is 0 Å². The van der Waals surface area contributed by atoms with E-state index in [0.717, 1.165) is 39.4 Å². The van der Waals surface area contributed by atoms with E-state index in [-0.39, 0.29) is 0 Å². The summed E-state index contributed by atoms with van der Waals surface area (Å²) in [6.45, 7) is 0.533. The van der Waals surface area contributed by atoms with Crippen LogP contribution in [-0.2, 0) is 6.54 Å². The molecule has 0 saturated heterocycles. The van der Waals surface area contributed by atoms with Crippen molar-refractivity contribution >= 4 is 28.0 Å². The molecule has 1 saturated carbocycles. The third-order valence-electron chi connectivity index (χ3n) is 6.28. The van der Waals surface area contributed by atoms with Gasteiger partial charge in [-0.25, -0.2) is 19.9 Å². The first-order valence-electron chi connectivity index (χ1n) is 11.3. The fourth-order valence-corrected chi connectivity index (χ4v) is 4.64. The highest BCUT2D eigenvalue weighted by Gasteiger charge is 2.21. The Morgan fingerprint density at radius 3 is 2.56 bits per heavy atom. The van der Waals surface area contributed by atoms with Crippen LogP contribution in [0.4, 0.5) is 5.82 Å². The van der Waals surface area contributed by atoms with E-state index < -0.39 is 0 Å². The lowest BCUT2D eigenvalue weighted by Gasteiger charge is -2.23. The van der Waals surface area contributed by atoms with Crippen LogP contribution in [0.1, 0.15) is 44.0 Å². The lowest BCUT2D eigenvalue weighted by Crippen LogP contribution is -2.13. The predicted molar refractivity (Wildman–Crippen MR) is 126 cm³/mol. The number of hydrogen-bond donors (Lipinski definition) is 2. The lowest BCUT2D eigenvalue weighted by atomic mass is 9.95. The van der Waals surface area contributed by atoms with Gasteiger partial charge in [-0.1, -0.05) is 61.7 Å². The highest BCUT2D eigenvalue weighted by atomic mass is 15.2. The first-order valence-corrected chi connectivity index (χ1v) is 11.3. The molecule has 0 unspecified atom stereocenters. The van der Waals surface area contributed by atoms with Crippen molar-refractivity contribution in [2.24, 2.45) is 0 Å². The zero-order valence-corrected chi connectivity index (χ0v) is 17.8. The second-order valence-corrected chi connectivity index (χ2v) is 8.43. The number of imidazole rings is 2. The van der Waals surface area contributed by atoms with Crippen molar-refractivity contribution in [3.8, 4) is 11.4 Å². The number of H-pyrrole nitrogens is 1. The summed E-state index contributed by atoms with van der Waals surface area (Å²) in [5.74, 6) is 2.32. The average molecular weight is 424 g/mol. The van der Waals surface area contributed by atoms with Crippen LogP contribution in [0.2, 0.25) is 0 Å². The number of aromatic amines is 1. The minimum absolute atomic E-state index is 0.454. The maximum absolute atomic E-state index is 4.96. The Kier molecular flexibility index (Phi) is 4.79. The van der Waals surface area contributed by atoms with Gasteiger partial charge >= 0.3 is 0 Å². The maximum atomic E-state index is 4.96. The number of nitrogens with one attached hydrogen (secondary N) is 2. The van der Waals surface area contributed by atoms with Gasteiger partial charge in [0.2, 0.25) is 0 Å². The average Bonchev–Trinajstić information content (AvgIpc) is 3.47. The Morgan fingerprint density at radius 2 is 1.72 bits per heavy atom. The van der Waals surface area contributed by atoms with Crippen molar-refractivity contribution in [2.75, 3.05) is 5.32 Å². The summed E-state index contributed by atoms with van der Waals surface area (Å²) < 4.78 is 2.26. The normalized spacial score (nSPS) is 14.9. The number of anilines is 1. The van der Waals surface area contributed by atoms with Gasteiger partial charge in [0.25, 0.3) is 0 Å². The lowest BCUT2D eigenvalue weighted by molar-refractivity contribution is 0.358. The number of fused-ring (bicyclic) bond motifs is 2. The molecule has 1 aliphatic carbocycles. The van der Waals surface area contributed by atoms with E-state index in [1.165, 1.54) is 32.1 Å². The summed E-state index contributed by atoms with van der Waals surface area (Å²) in [5, 5.41) is 3.47. The zero-order valence-electron chi connectivity index (χ0n) is 17.8. The summed E-state index contributed by atoms with van der Waals surface area (Å²) in [5.41, 5.74) is 4.70. The van der Waals surface area contributed by atoms with Crippen LogP contribution in [0.5, 0.6) is 0 Å². The molecule has 0 aliphatic heterocycles. The molecule has 32 heavy (non-hydrogen) atoms. The van der Waals surface area contributed by atoms with E-state index in [0.29, 0.717) is 18.4 Å². The molecule has 0 atom stereocenters. The van der Waals surface area contributed by atoms with E-state index in [9.17, 15) is 0 Å². The van der Waals surface area contributed by atoms with Gasteiger partial charge in [0.05, 0.1) is 23.9 Å². The van der Waals surface area contributed by atoms with Gasteiger partial charge in [0.15, 0.2) is 17.3 Å². The molecule has 0 radical (unpaired) electrons. The van der Waals surface area contributed by atoms with Gasteiger partial charge in [-0.2, -0.15) is 0 Å². The number of para-hydroxylation sites is 2. The van der Waals surface area contributed by atoms with E-state index in [2.05, 4.69) is 19.9 Å². The molecule has 160 valence electrons. The fourth-order valence-electron chi connectivity index (χ4n) is 4.64. The maximum Gasteiger partial charge on any atom is 0.166 e. The molecule has 2 N–H and O–H groups in total. The molecule has 5 aromatic rings. The van der Waals surface area contributed by atoms with Gasteiger partial charge in [-0.15, -0.1) is 0 Å². The number of aromatic nitrogens is 6. The van der Waals surface area contributed by atoms with Crippen LogP contribution in [0.25, 0.3) is 33.6 Å². The fraction of sp³-hybridized carbons (Fsp3) is 0.280. The Labute approximate surface area is 186 Å². The van der Waals surface area contributed by atoms with Gasteiger partial charge < -0.3 is 14.9 Å². The van der Waals surface area contributed by atoms with E-state index >= 15 is 0 Å². The Balaban J connectivity index is 1.40. The topological polar surface area (TPSA) is 84.3 Å². The summed E-state index contributed by atoms with van der Waals surface area (Å²) in [6.07, 6.45) is 8.14. The second kappa shape index (κ2) is 8.07. The van der Waals surface area contributed by atoms with Crippen molar-refractivity contribution in [1.29, 1.82) is 0 Å². The van der Waals surface area contributed by atoms with E-state index in [1.807, 2.05) is 60.9 Å². The summed E-state index contributed by atoms with van der Waals surface area (Å²) in [7, 11) is 0. The van der Waals surface area contributed by atoms with Crippen molar-refractivity contribution < 1.29 is 0 Å². The molecule has 1 aliphatic rings. The van der Waals surface area contributed by atoms with Crippen LogP contribution in [-0.4, -0.2) is 29.5 Å². The minimum atomic E-state index is 0.454. The monoisotopic (exact) mass is 423 g/mol. The van der Waals surface area contributed by atoms with Crippen molar-refractivity contribution in [3.05, 3.63) is 66.7 Å². The van der Waals surface area contributed by atoms with E-state index in [4.69, 9.17) is 15.0 Å². The molecular weight excluding hydrogens is 398 g/mol. The molecule has 0 bridgehead atoms.